The molecule has 1 amide bonds. The summed E-state index contributed by atoms with van der Waals surface area (Å²) < 4.78 is 1.69. The standard InChI is InChI=1S/C22H23N3O2S2/c1-12-6-10-15(11-7-12)25-21(27)18-16-4-3-5-17(16)29-20(18)24-22(25)28-13(2)19(26)23-14-8-9-14/h6-7,10-11,13-14H,3-5,8-9H2,1-2H3,(H,23,26). The molecule has 2 aliphatic carbocycles. The molecule has 1 aromatic carbocycles. The van der Waals surface area contributed by atoms with Crippen LogP contribution in [-0.4, -0.2) is 26.8 Å². The first kappa shape index (κ1) is 18.9. The van der Waals surface area contributed by atoms with Crippen LogP contribution in [0.1, 0.15) is 42.2 Å². The third kappa shape index (κ3) is 3.51. The smallest absolute Gasteiger partial charge is 0.267 e. The number of aromatic nitrogens is 2. The maximum atomic E-state index is 13.6. The zero-order chi connectivity index (χ0) is 20.1. The quantitative estimate of drug-likeness (QED) is 0.496. The van der Waals surface area contributed by atoms with Crippen LogP contribution < -0.4 is 10.9 Å². The molecule has 1 saturated carbocycles. The Balaban J connectivity index is 1.62. The Hall–Kier alpha value is -2.12. The Bertz CT molecular complexity index is 1160. The minimum Gasteiger partial charge on any atom is -0.352 e. The molecule has 0 radical (unpaired) electrons. The molecule has 1 N–H and O–H groups in total. The lowest BCUT2D eigenvalue weighted by Crippen LogP contribution is -2.33. The summed E-state index contributed by atoms with van der Waals surface area (Å²) in [6.07, 6.45) is 5.20. The number of nitrogens with zero attached hydrogens (tertiary/aromatic N) is 2. The average Bonchev–Trinajstić information content (AvgIpc) is 3.27. The second-order valence-electron chi connectivity index (χ2n) is 7.95. The number of hydrogen-bond donors (Lipinski definition) is 1. The highest BCUT2D eigenvalue weighted by atomic mass is 32.2. The van der Waals surface area contributed by atoms with E-state index >= 15 is 0 Å². The fourth-order valence-electron chi connectivity index (χ4n) is 3.78. The Morgan fingerprint density at radius 1 is 1.28 bits per heavy atom. The van der Waals surface area contributed by atoms with E-state index in [4.69, 9.17) is 4.98 Å². The average molecular weight is 426 g/mol. The summed E-state index contributed by atoms with van der Waals surface area (Å²) in [6, 6.07) is 8.23. The molecular formula is C22H23N3O2S2. The summed E-state index contributed by atoms with van der Waals surface area (Å²) in [5.41, 5.74) is 3.10. The molecule has 1 unspecified atom stereocenters. The number of benzene rings is 1. The van der Waals surface area contributed by atoms with Crippen molar-refractivity contribution in [1.82, 2.24) is 14.9 Å². The Labute approximate surface area is 177 Å². The second-order valence-corrected chi connectivity index (χ2v) is 10.3. The van der Waals surface area contributed by atoms with E-state index in [0.29, 0.717) is 11.2 Å². The van der Waals surface area contributed by atoms with Crippen LogP contribution in [0.3, 0.4) is 0 Å². The maximum absolute atomic E-state index is 13.6. The van der Waals surface area contributed by atoms with Gasteiger partial charge in [-0.1, -0.05) is 29.5 Å². The van der Waals surface area contributed by atoms with Crippen LogP contribution in [0.4, 0.5) is 0 Å². The molecule has 150 valence electrons. The highest BCUT2D eigenvalue weighted by Crippen LogP contribution is 2.36. The van der Waals surface area contributed by atoms with E-state index in [0.717, 1.165) is 53.6 Å². The number of amides is 1. The van der Waals surface area contributed by atoms with Crippen LogP contribution in [-0.2, 0) is 17.6 Å². The van der Waals surface area contributed by atoms with Gasteiger partial charge in [0.25, 0.3) is 5.56 Å². The van der Waals surface area contributed by atoms with Gasteiger partial charge in [-0.15, -0.1) is 11.3 Å². The van der Waals surface area contributed by atoms with Gasteiger partial charge in [-0.25, -0.2) is 4.98 Å². The van der Waals surface area contributed by atoms with Gasteiger partial charge in [0, 0.05) is 10.9 Å². The van der Waals surface area contributed by atoms with Crippen molar-refractivity contribution in [2.24, 2.45) is 0 Å². The summed E-state index contributed by atoms with van der Waals surface area (Å²) in [4.78, 5) is 33.1. The van der Waals surface area contributed by atoms with E-state index in [1.807, 2.05) is 38.1 Å². The number of aryl methyl sites for hydroxylation is 3. The topological polar surface area (TPSA) is 64.0 Å². The number of carbonyl (C=O) groups excluding carboxylic acids is 1. The van der Waals surface area contributed by atoms with Crippen molar-refractivity contribution in [2.45, 2.75) is 62.4 Å². The van der Waals surface area contributed by atoms with Crippen LogP contribution in [0.25, 0.3) is 15.9 Å². The number of fused-ring (bicyclic) bond motifs is 3. The number of rotatable bonds is 5. The summed E-state index contributed by atoms with van der Waals surface area (Å²) in [5, 5.41) is 4.09. The van der Waals surface area contributed by atoms with Crippen molar-refractivity contribution in [3.63, 3.8) is 0 Å². The number of carbonyl (C=O) groups is 1. The number of thiophene rings is 1. The third-order valence-corrected chi connectivity index (χ3v) is 7.81. The minimum atomic E-state index is -0.316. The number of thioether (sulfide) groups is 1. The first-order chi connectivity index (χ1) is 14.0. The first-order valence-electron chi connectivity index (χ1n) is 10.1. The van der Waals surface area contributed by atoms with Crippen LogP contribution in [0.5, 0.6) is 0 Å². The summed E-state index contributed by atoms with van der Waals surface area (Å²) in [6.45, 7) is 3.91. The highest BCUT2D eigenvalue weighted by Gasteiger charge is 2.28. The van der Waals surface area contributed by atoms with E-state index in [1.165, 1.54) is 22.2 Å². The molecule has 0 saturated heterocycles. The molecule has 7 heteroatoms. The molecule has 3 aromatic rings. The van der Waals surface area contributed by atoms with Gasteiger partial charge in [0.1, 0.15) is 4.83 Å². The van der Waals surface area contributed by atoms with Crippen molar-refractivity contribution in [2.75, 3.05) is 0 Å². The van der Waals surface area contributed by atoms with Crippen molar-refractivity contribution < 1.29 is 4.79 Å². The van der Waals surface area contributed by atoms with Gasteiger partial charge in [-0.05, 0) is 63.6 Å². The van der Waals surface area contributed by atoms with Crippen LogP contribution >= 0.6 is 23.1 Å². The lowest BCUT2D eigenvalue weighted by molar-refractivity contribution is -0.120. The van der Waals surface area contributed by atoms with Gasteiger partial charge in [0.15, 0.2) is 5.16 Å². The molecule has 0 spiro atoms. The second kappa shape index (κ2) is 7.29. The van der Waals surface area contributed by atoms with E-state index < -0.39 is 0 Å². The molecule has 5 rings (SSSR count). The van der Waals surface area contributed by atoms with E-state index in [2.05, 4.69) is 5.32 Å². The van der Waals surface area contributed by atoms with Gasteiger partial charge >= 0.3 is 0 Å². The zero-order valence-electron chi connectivity index (χ0n) is 16.5. The predicted octanol–water partition coefficient (Wildman–Crippen LogP) is 4.00. The largest absolute Gasteiger partial charge is 0.352 e. The molecule has 0 aliphatic heterocycles. The fourth-order valence-corrected chi connectivity index (χ4v) is 6.02. The lowest BCUT2D eigenvalue weighted by Gasteiger charge is -2.16. The van der Waals surface area contributed by atoms with Gasteiger partial charge in [-0.2, -0.15) is 0 Å². The lowest BCUT2D eigenvalue weighted by atomic mass is 10.2. The minimum absolute atomic E-state index is 0.0102. The summed E-state index contributed by atoms with van der Waals surface area (Å²) >= 11 is 3.00. The normalized spacial score (nSPS) is 16.8. The van der Waals surface area contributed by atoms with Gasteiger partial charge in [0.05, 0.1) is 16.3 Å². The maximum Gasteiger partial charge on any atom is 0.267 e. The van der Waals surface area contributed by atoms with E-state index in [1.54, 1.807) is 15.9 Å². The van der Waals surface area contributed by atoms with Crippen molar-refractivity contribution in [3.8, 4) is 5.69 Å². The molecule has 0 bridgehead atoms. The Morgan fingerprint density at radius 2 is 2.03 bits per heavy atom. The molecule has 2 aliphatic rings. The number of hydrogen-bond acceptors (Lipinski definition) is 5. The van der Waals surface area contributed by atoms with Crippen LogP contribution in [0, 0.1) is 6.92 Å². The molecule has 5 nitrogen and oxygen atoms in total. The molecule has 1 atom stereocenters. The predicted molar refractivity (Wildman–Crippen MR) is 118 cm³/mol. The third-order valence-electron chi connectivity index (χ3n) is 5.58. The molecular weight excluding hydrogens is 402 g/mol. The Kier molecular flexibility index (Phi) is 4.75. The zero-order valence-corrected chi connectivity index (χ0v) is 18.2. The Morgan fingerprint density at radius 3 is 2.76 bits per heavy atom. The molecule has 2 aromatic heterocycles. The van der Waals surface area contributed by atoms with Crippen molar-refractivity contribution in [3.05, 3.63) is 50.6 Å². The molecule has 29 heavy (non-hydrogen) atoms. The summed E-state index contributed by atoms with van der Waals surface area (Å²) in [5.74, 6) is 0.0102. The van der Waals surface area contributed by atoms with Crippen molar-refractivity contribution >= 4 is 39.2 Å². The van der Waals surface area contributed by atoms with Gasteiger partial charge in [0.2, 0.25) is 5.91 Å². The van der Waals surface area contributed by atoms with E-state index in [9.17, 15) is 9.59 Å². The van der Waals surface area contributed by atoms with E-state index in [-0.39, 0.29) is 16.7 Å². The SMILES string of the molecule is Cc1ccc(-n2c(SC(C)C(=O)NC3CC3)nc3sc4c(c3c2=O)CCC4)cc1. The van der Waals surface area contributed by atoms with Crippen LogP contribution in [0.15, 0.2) is 34.2 Å². The highest BCUT2D eigenvalue weighted by molar-refractivity contribution is 8.00. The molecule has 1 fully saturated rings. The van der Waals surface area contributed by atoms with Crippen LogP contribution in [0.2, 0.25) is 0 Å². The molecule has 2 heterocycles. The van der Waals surface area contributed by atoms with Gasteiger partial charge < -0.3 is 5.32 Å². The monoisotopic (exact) mass is 425 g/mol. The first-order valence-corrected chi connectivity index (χ1v) is 11.8. The van der Waals surface area contributed by atoms with Gasteiger partial charge in [-0.3, -0.25) is 14.2 Å². The van der Waals surface area contributed by atoms with Crippen molar-refractivity contribution in [1.29, 1.82) is 0 Å². The fraction of sp³-hybridized carbons (Fsp3) is 0.409. The number of nitrogens with one attached hydrogen (secondary N) is 1. The summed E-state index contributed by atoms with van der Waals surface area (Å²) in [7, 11) is 0.